The monoisotopic (exact) mass is 240 g/mol. The Kier molecular flexibility index (Phi) is 4.36. The van der Waals surface area contributed by atoms with Gasteiger partial charge in [-0.2, -0.15) is 0 Å². The Bertz CT molecular complexity index is 257. The lowest BCUT2D eigenvalue weighted by Gasteiger charge is -2.37. The van der Waals surface area contributed by atoms with Gasteiger partial charge in [0.2, 0.25) is 5.91 Å². The fourth-order valence-electron chi connectivity index (χ4n) is 2.64. The molecule has 17 heavy (non-hydrogen) atoms. The summed E-state index contributed by atoms with van der Waals surface area (Å²) in [4.78, 5) is 16.6. The molecule has 2 saturated heterocycles. The molecule has 0 saturated carbocycles. The van der Waals surface area contributed by atoms with Crippen LogP contribution in [0.15, 0.2) is 0 Å². The minimum absolute atomic E-state index is 0.0339. The molecular weight excluding hydrogens is 216 g/mol. The van der Waals surface area contributed by atoms with Gasteiger partial charge < -0.3 is 20.4 Å². The number of amides is 1. The molecule has 0 radical (unpaired) electrons. The van der Waals surface area contributed by atoms with Crippen molar-refractivity contribution in [2.24, 2.45) is 0 Å². The lowest BCUT2D eigenvalue weighted by atomic mass is 10.0. The van der Waals surface area contributed by atoms with Crippen LogP contribution in [0.4, 0.5) is 0 Å². The van der Waals surface area contributed by atoms with E-state index in [0.29, 0.717) is 6.04 Å². The summed E-state index contributed by atoms with van der Waals surface area (Å²) < 4.78 is 0. The number of likely N-dealkylation sites (N-methyl/N-ethyl adjacent to an activating group) is 1. The average Bonchev–Trinajstić information content (AvgIpc) is 2.39. The van der Waals surface area contributed by atoms with E-state index in [4.69, 9.17) is 0 Å². The van der Waals surface area contributed by atoms with Crippen LogP contribution in [0, 0.1) is 0 Å². The number of rotatable bonds is 2. The molecule has 0 spiro atoms. The van der Waals surface area contributed by atoms with Gasteiger partial charge in [0.25, 0.3) is 0 Å². The van der Waals surface area contributed by atoms with Crippen molar-refractivity contribution in [3.8, 4) is 0 Å². The predicted molar refractivity (Wildman–Crippen MR) is 67.9 cm³/mol. The summed E-state index contributed by atoms with van der Waals surface area (Å²) in [6.07, 6.45) is 2.19. The van der Waals surface area contributed by atoms with Gasteiger partial charge in [-0.3, -0.25) is 4.79 Å². The maximum absolute atomic E-state index is 12.3. The Labute approximate surface area is 104 Å². The van der Waals surface area contributed by atoms with Gasteiger partial charge in [-0.1, -0.05) is 0 Å². The van der Waals surface area contributed by atoms with Crippen molar-refractivity contribution >= 4 is 5.91 Å². The standard InChI is InChI=1S/C12H24N4O/c1-15-7-3-10(4-8-15)16(2)12(17)11-9-13-5-6-14-11/h10-11,13-14H,3-9H2,1-2H3. The van der Waals surface area contributed by atoms with E-state index in [2.05, 4.69) is 22.6 Å². The van der Waals surface area contributed by atoms with Crippen molar-refractivity contribution in [2.75, 3.05) is 46.8 Å². The van der Waals surface area contributed by atoms with E-state index in [-0.39, 0.29) is 11.9 Å². The maximum Gasteiger partial charge on any atom is 0.241 e. The minimum atomic E-state index is -0.0339. The number of carbonyl (C=O) groups is 1. The lowest BCUT2D eigenvalue weighted by molar-refractivity contribution is -0.135. The molecule has 1 atom stereocenters. The molecule has 0 aromatic rings. The third-order valence-corrected chi connectivity index (χ3v) is 3.92. The lowest BCUT2D eigenvalue weighted by Crippen LogP contribution is -2.58. The number of piperazine rings is 1. The molecule has 2 fully saturated rings. The number of hydrogen-bond donors (Lipinski definition) is 2. The first-order valence-electron chi connectivity index (χ1n) is 6.58. The second-order valence-corrected chi connectivity index (χ2v) is 5.19. The molecule has 1 unspecified atom stereocenters. The Morgan fingerprint density at radius 1 is 1.29 bits per heavy atom. The summed E-state index contributed by atoms with van der Waals surface area (Å²) in [6.45, 7) is 4.80. The van der Waals surface area contributed by atoms with Gasteiger partial charge >= 0.3 is 0 Å². The number of piperidine rings is 1. The zero-order chi connectivity index (χ0) is 12.3. The van der Waals surface area contributed by atoms with E-state index >= 15 is 0 Å². The molecular formula is C12H24N4O. The first-order valence-corrected chi connectivity index (χ1v) is 6.58. The molecule has 2 aliphatic rings. The summed E-state index contributed by atoms with van der Waals surface area (Å²) >= 11 is 0. The van der Waals surface area contributed by atoms with E-state index in [1.165, 1.54) is 0 Å². The Morgan fingerprint density at radius 3 is 2.59 bits per heavy atom. The Balaban J connectivity index is 1.85. The predicted octanol–water partition coefficient (Wildman–Crippen LogP) is -0.900. The average molecular weight is 240 g/mol. The van der Waals surface area contributed by atoms with Crippen LogP contribution in [-0.4, -0.2) is 74.6 Å². The van der Waals surface area contributed by atoms with Crippen LogP contribution < -0.4 is 10.6 Å². The van der Waals surface area contributed by atoms with Crippen LogP contribution in [0.2, 0.25) is 0 Å². The van der Waals surface area contributed by atoms with Gasteiger partial charge in [0.05, 0.1) is 6.04 Å². The van der Waals surface area contributed by atoms with Gasteiger partial charge in [0.15, 0.2) is 0 Å². The van der Waals surface area contributed by atoms with Gasteiger partial charge in [-0.25, -0.2) is 0 Å². The van der Waals surface area contributed by atoms with Crippen LogP contribution in [0.25, 0.3) is 0 Å². The topological polar surface area (TPSA) is 47.6 Å². The number of nitrogens with zero attached hydrogens (tertiary/aromatic N) is 2. The number of hydrogen-bond acceptors (Lipinski definition) is 4. The third kappa shape index (κ3) is 3.18. The molecule has 2 aliphatic heterocycles. The zero-order valence-corrected chi connectivity index (χ0v) is 10.9. The van der Waals surface area contributed by atoms with Crippen LogP contribution in [0.3, 0.4) is 0 Å². The van der Waals surface area contributed by atoms with Crippen LogP contribution in [-0.2, 0) is 4.79 Å². The van der Waals surface area contributed by atoms with E-state index in [9.17, 15) is 4.79 Å². The first-order chi connectivity index (χ1) is 8.18. The number of carbonyl (C=O) groups excluding carboxylic acids is 1. The smallest absolute Gasteiger partial charge is 0.241 e. The summed E-state index contributed by atoms with van der Waals surface area (Å²) in [7, 11) is 4.10. The largest absolute Gasteiger partial charge is 0.341 e. The number of nitrogens with one attached hydrogen (secondary N) is 2. The highest BCUT2D eigenvalue weighted by molar-refractivity contribution is 5.82. The Hall–Kier alpha value is -0.650. The molecule has 0 aromatic carbocycles. The van der Waals surface area contributed by atoms with Crippen LogP contribution in [0.5, 0.6) is 0 Å². The van der Waals surface area contributed by atoms with Gasteiger partial charge in [-0.15, -0.1) is 0 Å². The van der Waals surface area contributed by atoms with E-state index in [1.54, 1.807) is 0 Å². The molecule has 5 nitrogen and oxygen atoms in total. The van der Waals surface area contributed by atoms with E-state index < -0.39 is 0 Å². The van der Waals surface area contributed by atoms with Crippen molar-refractivity contribution in [2.45, 2.75) is 24.9 Å². The van der Waals surface area contributed by atoms with Gasteiger partial charge in [0, 0.05) is 32.7 Å². The van der Waals surface area contributed by atoms with Crippen LogP contribution >= 0.6 is 0 Å². The highest BCUT2D eigenvalue weighted by atomic mass is 16.2. The normalized spacial score (nSPS) is 28.0. The van der Waals surface area contributed by atoms with E-state index in [1.807, 2.05) is 11.9 Å². The van der Waals surface area contributed by atoms with Crippen molar-refractivity contribution in [1.82, 2.24) is 20.4 Å². The molecule has 98 valence electrons. The first kappa shape index (κ1) is 12.8. The molecule has 2 heterocycles. The fourth-order valence-corrected chi connectivity index (χ4v) is 2.64. The Morgan fingerprint density at radius 2 is 2.00 bits per heavy atom. The summed E-state index contributed by atoms with van der Waals surface area (Å²) in [5.74, 6) is 0.242. The molecule has 0 bridgehead atoms. The molecule has 5 heteroatoms. The minimum Gasteiger partial charge on any atom is -0.341 e. The molecule has 1 amide bonds. The van der Waals surface area contributed by atoms with Crippen LogP contribution in [0.1, 0.15) is 12.8 Å². The van der Waals surface area contributed by atoms with E-state index in [0.717, 1.165) is 45.6 Å². The van der Waals surface area contributed by atoms with Crippen molar-refractivity contribution in [3.05, 3.63) is 0 Å². The maximum atomic E-state index is 12.3. The highest BCUT2D eigenvalue weighted by Gasteiger charge is 2.29. The summed E-state index contributed by atoms with van der Waals surface area (Å²) in [6, 6.07) is 0.385. The van der Waals surface area contributed by atoms with Gasteiger partial charge in [0.1, 0.15) is 0 Å². The highest BCUT2D eigenvalue weighted by Crippen LogP contribution is 2.15. The summed E-state index contributed by atoms with van der Waals surface area (Å²) in [5, 5.41) is 6.55. The molecule has 2 N–H and O–H groups in total. The van der Waals surface area contributed by atoms with Crippen molar-refractivity contribution < 1.29 is 4.79 Å². The van der Waals surface area contributed by atoms with Crippen molar-refractivity contribution in [1.29, 1.82) is 0 Å². The number of likely N-dealkylation sites (tertiary alicyclic amines) is 1. The summed E-state index contributed by atoms with van der Waals surface area (Å²) in [5.41, 5.74) is 0. The fraction of sp³-hybridized carbons (Fsp3) is 0.917. The third-order valence-electron chi connectivity index (χ3n) is 3.92. The SMILES string of the molecule is CN1CCC(N(C)C(=O)C2CNCCN2)CC1. The van der Waals surface area contributed by atoms with Gasteiger partial charge in [-0.05, 0) is 33.0 Å². The zero-order valence-electron chi connectivity index (χ0n) is 10.9. The molecule has 2 rings (SSSR count). The molecule has 0 aliphatic carbocycles. The molecule has 0 aromatic heterocycles. The quantitative estimate of drug-likeness (QED) is 0.657. The van der Waals surface area contributed by atoms with Crippen molar-refractivity contribution in [3.63, 3.8) is 0 Å². The second kappa shape index (κ2) is 5.80. The second-order valence-electron chi connectivity index (χ2n) is 5.19.